The van der Waals surface area contributed by atoms with Crippen LogP contribution < -0.4 is 18.9 Å². The molecule has 36 heavy (non-hydrogen) atoms. The molecule has 2 heterocycles. The van der Waals surface area contributed by atoms with Crippen molar-refractivity contribution in [2.45, 2.75) is 37.5 Å². The number of likely N-dealkylation sites (tertiary alicyclic amines) is 1. The van der Waals surface area contributed by atoms with E-state index in [0.717, 1.165) is 42.6 Å². The third kappa shape index (κ3) is 5.62. The Morgan fingerprint density at radius 1 is 0.806 bits per heavy atom. The van der Waals surface area contributed by atoms with Crippen molar-refractivity contribution in [1.82, 2.24) is 4.90 Å². The van der Waals surface area contributed by atoms with Crippen molar-refractivity contribution in [3.05, 3.63) is 83.4 Å². The second kappa shape index (κ2) is 11.7. The van der Waals surface area contributed by atoms with Crippen LogP contribution in [0.1, 0.15) is 54.2 Å². The van der Waals surface area contributed by atoms with Gasteiger partial charge in [-0.15, -0.1) is 0 Å². The van der Waals surface area contributed by atoms with Gasteiger partial charge in [0.25, 0.3) is 0 Å². The van der Waals surface area contributed by atoms with Crippen LogP contribution in [0.3, 0.4) is 0 Å². The molecule has 3 aromatic carbocycles. The minimum Gasteiger partial charge on any atom is -0.497 e. The number of nitrogens with zero attached hydrogens (tertiary/aromatic N) is 1. The van der Waals surface area contributed by atoms with Gasteiger partial charge in [0.1, 0.15) is 23.0 Å². The van der Waals surface area contributed by atoms with Gasteiger partial charge in [-0.05, 0) is 73.8 Å². The van der Waals surface area contributed by atoms with Crippen molar-refractivity contribution in [3.63, 3.8) is 0 Å². The van der Waals surface area contributed by atoms with E-state index in [1.807, 2.05) is 18.2 Å². The van der Waals surface area contributed by atoms with E-state index in [1.54, 1.807) is 14.2 Å². The van der Waals surface area contributed by atoms with Crippen LogP contribution in [0.2, 0.25) is 0 Å². The summed E-state index contributed by atoms with van der Waals surface area (Å²) in [7, 11) is 3.40. The van der Waals surface area contributed by atoms with Crippen LogP contribution in [0.4, 0.5) is 0 Å². The second-order valence-electron chi connectivity index (χ2n) is 9.75. The third-order valence-electron chi connectivity index (χ3n) is 7.47. The Balaban J connectivity index is 1.34. The fraction of sp³-hybridized carbons (Fsp3) is 0.419. The molecule has 3 aromatic rings. The summed E-state index contributed by atoms with van der Waals surface area (Å²) in [5.41, 5.74) is 3.63. The highest BCUT2D eigenvalue weighted by Gasteiger charge is 2.34. The van der Waals surface area contributed by atoms with Gasteiger partial charge in [-0.25, -0.2) is 0 Å². The lowest BCUT2D eigenvalue weighted by atomic mass is 9.76. The zero-order valence-electron chi connectivity index (χ0n) is 21.4. The van der Waals surface area contributed by atoms with Gasteiger partial charge in [0, 0.05) is 30.0 Å². The second-order valence-corrected chi connectivity index (χ2v) is 9.75. The lowest BCUT2D eigenvalue weighted by molar-refractivity contribution is 0.205. The van der Waals surface area contributed by atoms with Gasteiger partial charge in [-0.2, -0.15) is 0 Å². The number of fused-ring (bicyclic) bond motifs is 1. The Labute approximate surface area is 214 Å². The van der Waals surface area contributed by atoms with Crippen LogP contribution in [0.15, 0.2) is 66.7 Å². The largest absolute Gasteiger partial charge is 0.497 e. The highest BCUT2D eigenvalue weighted by atomic mass is 16.5. The van der Waals surface area contributed by atoms with E-state index in [4.69, 9.17) is 18.9 Å². The summed E-state index contributed by atoms with van der Waals surface area (Å²) in [4.78, 5) is 2.56. The molecule has 0 saturated carbocycles. The fourth-order valence-corrected chi connectivity index (χ4v) is 5.52. The highest BCUT2D eigenvalue weighted by molar-refractivity contribution is 5.51. The minimum atomic E-state index is 0.153. The summed E-state index contributed by atoms with van der Waals surface area (Å²) in [6.45, 7) is 4.95. The summed E-state index contributed by atoms with van der Waals surface area (Å²) in [5, 5.41) is 0. The third-order valence-corrected chi connectivity index (χ3v) is 7.47. The van der Waals surface area contributed by atoms with Crippen molar-refractivity contribution in [2.75, 3.05) is 47.1 Å². The first kappa shape index (κ1) is 24.5. The number of ether oxygens (including phenoxy) is 4. The molecule has 2 aliphatic rings. The molecule has 2 atom stereocenters. The maximum Gasteiger partial charge on any atom is 0.126 e. The monoisotopic (exact) mass is 487 g/mol. The molecule has 1 saturated heterocycles. The molecule has 190 valence electrons. The molecular formula is C31H37NO4. The van der Waals surface area contributed by atoms with Crippen LogP contribution >= 0.6 is 0 Å². The van der Waals surface area contributed by atoms with Crippen molar-refractivity contribution < 1.29 is 18.9 Å². The zero-order valence-corrected chi connectivity index (χ0v) is 21.4. The number of piperidine rings is 1. The van der Waals surface area contributed by atoms with Crippen LogP contribution in [0.5, 0.6) is 23.0 Å². The van der Waals surface area contributed by atoms with Crippen LogP contribution in [-0.2, 0) is 0 Å². The van der Waals surface area contributed by atoms with Gasteiger partial charge in [-0.1, -0.05) is 36.8 Å². The summed E-state index contributed by atoms with van der Waals surface area (Å²) in [6.07, 6.45) is 5.11. The van der Waals surface area contributed by atoms with E-state index < -0.39 is 0 Å². The Morgan fingerprint density at radius 3 is 2.33 bits per heavy atom. The molecule has 2 aliphatic heterocycles. The molecule has 5 rings (SSSR count). The SMILES string of the molecule is COc1cccc([C@@H]2COc3cc(OC)ccc3[C@@H]2c2ccc(OCCCN3CCCCC3)cc2)c1. The number of methoxy groups -OCH3 is 2. The van der Waals surface area contributed by atoms with Gasteiger partial charge in [0.2, 0.25) is 0 Å². The summed E-state index contributed by atoms with van der Waals surface area (Å²) < 4.78 is 23.3. The molecule has 5 heteroatoms. The molecular weight excluding hydrogens is 450 g/mol. The molecule has 0 bridgehead atoms. The molecule has 1 fully saturated rings. The Morgan fingerprint density at radius 2 is 1.56 bits per heavy atom. The average molecular weight is 488 g/mol. The first-order valence-electron chi connectivity index (χ1n) is 13.1. The van der Waals surface area contributed by atoms with Crippen molar-refractivity contribution in [2.24, 2.45) is 0 Å². The summed E-state index contributed by atoms with van der Waals surface area (Å²) in [5.74, 6) is 3.80. The lowest BCUT2D eigenvalue weighted by Crippen LogP contribution is -2.31. The topological polar surface area (TPSA) is 40.2 Å². The molecule has 0 aromatic heterocycles. The maximum atomic E-state index is 6.25. The van der Waals surface area contributed by atoms with E-state index in [-0.39, 0.29) is 11.8 Å². The number of rotatable bonds is 9. The van der Waals surface area contributed by atoms with Crippen molar-refractivity contribution >= 4 is 0 Å². The Bertz CT molecular complexity index is 1120. The predicted octanol–water partition coefficient (Wildman–Crippen LogP) is 6.27. The maximum absolute atomic E-state index is 6.25. The average Bonchev–Trinajstić information content (AvgIpc) is 2.95. The molecule has 0 radical (unpaired) electrons. The number of hydrogen-bond donors (Lipinski definition) is 0. The zero-order chi connectivity index (χ0) is 24.7. The standard InChI is InChI=1S/C31H37NO4/c1-33-26-9-6-8-24(20-26)29-22-36-30-21-27(34-2)14-15-28(30)31(29)23-10-12-25(13-11-23)35-19-7-18-32-16-4-3-5-17-32/h6,8-15,20-21,29,31H,3-5,7,16-19,22H2,1-2H3/t29-,31-/m0/s1. The van der Waals surface area contributed by atoms with Crippen molar-refractivity contribution in [1.29, 1.82) is 0 Å². The normalized spacial score (nSPS) is 19.7. The lowest BCUT2D eigenvalue weighted by Gasteiger charge is -2.35. The van der Waals surface area contributed by atoms with E-state index in [0.29, 0.717) is 6.61 Å². The molecule has 5 nitrogen and oxygen atoms in total. The molecule has 0 amide bonds. The molecule has 0 N–H and O–H groups in total. The van der Waals surface area contributed by atoms with Gasteiger partial charge < -0.3 is 23.8 Å². The van der Waals surface area contributed by atoms with E-state index in [2.05, 4.69) is 53.4 Å². The molecule has 0 unspecified atom stereocenters. The molecule has 0 spiro atoms. The first-order valence-corrected chi connectivity index (χ1v) is 13.1. The quantitative estimate of drug-likeness (QED) is 0.333. The van der Waals surface area contributed by atoms with Gasteiger partial charge in [0.15, 0.2) is 0 Å². The first-order chi connectivity index (χ1) is 17.7. The number of benzene rings is 3. The highest BCUT2D eigenvalue weighted by Crippen LogP contribution is 2.47. The van der Waals surface area contributed by atoms with Crippen molar-refractivity contribution in [3.8, 4) is 23.0 Å². The van der Waals surface area contributed by atoms with Crippen LogP contribution in [0.25, 0.3) is 0 Å². The van der Waals surface area contributed by atoms with Gasteiger partial charge in [0.05, 0.1) is 27.4 Å². The van der Waals surface area contributed by atoms with Crippen LogP contribution in [0, 0.1) is 0 Å². The van der Waals surface area contributed by atoms with E-state index in [1.165, 1.54) is 49.0 Å². The minimum absolute atomic E-state index is 0.153. The van der Waals surface area contributed by atoms with Gasteiger partial charge >= 0.3 is 0 Å². The Hall–Kier alpha value is -3.18. The molecule has 0 aliphatic carbocycles. The summed E-state index contributed by atoms with van der Waals surface area (Å²) in [6, 6.07) is 23.1. The Kier molecular flexibility index (Phi) is 7.97. The number of hydrogen-bond acceptors (Lipinski definition) is 5. The smallest absolute Gasteiger partial charge is 0.126 e. The van der Waals surface area contributed by atoms with Crippen LogP contribution in [-0.4, -0.2) is 52.0 Å². The van der Waals surface area contributed by atoms with E-state index >= 15 is 0 Å². The van der Waals surface area contributed by atoms with Gasteiger partial charge in [-0.3, -0.25) is 0 Å². The fourth-order valence-electron chi connectivity index (χ4n) is 5.52. The van der Waals surface area contributed by atoms with E-state index in [9.17, 15) is 0 Å². The summed E-state index contributed by atoms with van der Waals surface area (Å²) >= 11 is 0. The predicted molar refractivity (Wildman–Crippen MR) is 143 cm³/mol.